The van der Waals surface area contributed by atoms with E-state index in [4.69, 9.17) is 4.74 Å². The molecule has 0 radical (unpaired) electrons. The van der Waals surface area contributed by atoms with Crippen molar-refractivity contribution in [2.45, 2.75) is 13.0 Å². The zero-order chi connectivity index (χ0) is 15.4. The van der Waals surface area contributed by atoms with Crippen LogP contribution in [0.15, 0.2) is 40.9 Å². The largest absolute Gasteiger partial charge is 0.494 e. The minimum Gasteiger partial charge on any atom is -0.494 e. The summed E-state index contributed by atoms with van der Waals surface area (Å²) in [5, 5.41) is 3.12. The van der Waals surface area contributed by atoms with Crippen LogP contribution in [0.1, 0.15) is 24.1 Å². The molecule has 1 atom stereocenters. The second-order valence-electron chi connectivity index (χ2n) is 4.50. The third kappa shape index (κ3) is 3.24. The minimum absolute atomic E-state index is 0.144. The average Bonchev–Trinajstić information content (AvgIpc) is 2.49. The topological polar surface area (TPSA) is 21.3 Å². The Kier molecular flexibility index (Phi) is 5.31. The standard InChI is InChI=1S/C16H16BrF2NO/c1-3-20-16(10-6-4-8-12(17)14(10)18)11-7-5-9-13(21-2)15(11)19/h4-9,16,20H,3H2,1-2H3. The number of halogens is 3. The summed E-state index contributed by atoms with van der Waals surface area (Å²) in [4.78, 5) is 0. The maximum absolute atomic E-state index is 14.5. The van der Waals surface area contributed by atoms with Gasteiger partial charge in [0.1, 0.15) is 5.82 Å². The Morgan fingerprint density at radius 2 is 1.71 bits per heavy atom. The van der Waals surface area contributed by atoms with Crippen LogP contribution in [0.5, 0.6) is 5.75 Å². The predicted molar refractivity (Wildman–Crippen MR) is 82.6 cm³/mol. The van der Waals surface area contributed by atoms with Crippen molar-refractivity contribution < 1.29 is 13.5 Å². The van der Waals surface area contributed by atoms with Crippen molar-refractivity contribution in [1.29, 1.82) is 0 Å². The molecule has 0 aliphatic heterocycles. The van der Waals surface area contributed by atoms with Gasteiger partial charge in [-0.25, -0.2) is 8.78 Å². The lowest BCUT2D eigenvalue weighted by Gasteiger charge is -2.21. The Morgan fingerprint density at radius 3 is 2.33 bits per heavy atom. The Hall–Kier alpha value is -1.46. The quantitative estimate of drug-likeness (QED) is 0.856. The van der Waals surface area contributed by atoms with Crippen LogP contribution in [0, 0.1) is 11.6 Å². The van der Waals surface area contributed by atoms with Gasteiger partial charge < -0.3 is 10.1 Å². The van der Waals surface area contributed by atoms with Crippen molar-refractivity contribution in [2.75, 3.05) is 13.7 Å². The summed E-state index contributed by atoms with van der Waals surface area (Å²) in [5.74, 6) is -0.734. The molecule has 0 spiro atoms. The van der Waals surface area contributed by atoms with Gasteiger partial charge in [-0.2, -0.15) is 0 Å². The lowest BCUT2D eigenvalue weighted by Crippen LogP contribution is -2.24. The second kappa shape index (κ2) is 7.00. The first-order valence-corrected chi connectivity index (χ1v) is 7.39. The zero-order valence-corrected chi connectivity index (χ0v) is 13.4. The van der Waals surface area contributed by atoms with Crippen LogP contribution >= 0.6 is 15.9 Å². The molecule has 0 fully saturated rings. The molecule has 2 aromatic carbocycles. The van der Waals surface area contributed by atoms with Crippen LogP contribution < -0.4 is 10.1 Å². The van der Waals surface area contributed by atoms with E-state index in [9.17, 15) is 8.78 Å². The number of ether oxygens (including phenoxy) is 1. The van der Waals surface area contributed by atoms with E-state index in [1.165, 1.54) is 7.11 Å². The van der Waals surface area contributed by atoms with Gasteiger partial charge in [0.15, 0.2) is 11.6 Å². The summed E-state index contributed by atoms with van der Waals surface area (Å²) < 4.78 is 34.2. The van der Waals surface area contributed by atoms with Gasteiger partial charge in [0.05, 0.1) is 17.6 Å². The molecular weight excluding hydrogens is 340 g/mol. The average molecular weight is 356 g/mol. The molecule has 5 heteroatoms. The molecule has 0 aliphatic carbocycles. The van der Waals surface area contributed by atoms with Crippen molar-refractivity contribution in [3.8, 4) is 5.75 Å². The van der Waals surface area contributed by atoms with Gasteiger partial charge in [0.2, 0.25) is 0 Å². The number of benzene rings is 2. The van der Waals surface area contributed by atoms with Crippen LogP contribution in [-0.2, 0) is 0 Å². The molecule has 21 heavy (non-hydrogen) atoms. The molecule has 0 heterocycles. The summed E-state index contributed by atoms with van der Waals surface area (Å²) in [6.07, 6.45) is 0. The fourth-order valence-corrected chi connectivity index (χ4v) is 2.62. The molecule has 2 nitrogen and oxygen atoms in total. The van der Waals surface area contributed by atoms with Crippen molar-refractivity contribution in [3.63, 3.8) is 0 Å². The van der Waals surface area contributed by atoms with Gasteiger partial charge in [0.25, 0.3) is 0 Å². The van der Waals surface area contributed by atoms with E-state index in [2.05, 4.69) is 21.2 Å². The molecule has 2 rings (SSSR count). The van der Waals surface area contributed by atoms with E-state index < -0.39 is 17.7 Å². The molecule has 2 aromatic rings. The molecule has 1 unspecified atom stereocenters. The first-order valence-electron chi connectivity index (χ1n) is 6.59. The Balaban J connectivity index is 2.56. The van der Waals surface area contributed by atoms with E-state index in [1.807, 2.05) is 6.92 Å². The zero-order valence-electron chi connectivity index (χ0n) is 11.8. The fourth-order valence-electron chi connectivity index (χ4n) is 2.24. The summed E-state index contributed by atoms with van der Waals surface area (Å²) in [5.41, 5.74) is 0.742. The molecule has 1 N–H and O–H groups in total. The van der Waals surface area contributed by atoms with Crippen LogP contribution in [-0.4, -0.2) is 13.7 Å². The lowest BCUT2D eigenvalue weighted by molar-refractivity contribution is 0.381. The van der Waals surface area contributed by atoms with Crippen LogP contribution in [0.4, 0.5) is 8.78 Å². The Labute approximate surface area is 131 Å². The maximum atomic E-state index is 14.5. The lowest BCUT2D eigenvalue weighted by atomic mass is 9.97. The highest BCUT2D eigenvalue weighted by Gasteiger charge is 2.23. The molecule has 0 saturated heterocycles. The molecule has 0 bridgehead atoms. The van der Waals surface area contributed by atoms with Crippen molar-refractivity contribution in [1.82, 2.24) is 5.32 Å². The van der Waals surface area contributed by atoms with E-state index in [1.54, 1.807) is 36.4 Å². The van der Waals surface area contributed by atoms with Gasteiger partial charge in [0, 0.05) is 11.1 Å². The summed E-state index contributed by atoms with van der Waals surface area (Å²) >= 11 is 3.16. The third-order valence-corrected chi connectivity index (χ3v) is 3.84. The summed E-state index contributed by atoms with van der Waals surface area (Å²) in [6, 6.07) is 9.27. The third-order valence-electron chi connectivity index (χ3n) is 3.22. The Bertz CT molecular complexity index is 634. The summed E-state index contributed by atoms with van der Waals surface area (Å²) in [7, 11) is 1.41. The van der Waals surface area contributed by atoms with Gasteiger partial charge in [-0.3, -0.25) is 0 Å². The highest BCUT2D eigenvalue weighted by molar-refractivity contribution is 9.10. The molecule has 0 aliphatic rings. The fraction of sp³-hybridized carbons (Fsp3) is 0.250. The van der Waals surface area contributed by atoms with Crippen LogP contribution in [0.25, 0.3) is 0 Å². The number of methoxy groups -OCH3 is 1. The minimum atomic E-state index is -0.581. The first kappa shape index (κ1) is 15.9. The number of rotatable bonds is 5. The van der Waals surface area contributed by atoms with Crippen molar-refractivity contribution in [3.05, 3.63) is 63.6 Å². The van der Waals surface area contributed by atoms with Crippen LogP contribution in [0.2, 0.25) is 0 Å². The maximum Gasteiger partial charge on any atom is 0.170 e. The molecule has 0 aromatic heterocycles. The van der Waals surface area contributed by atoms with E-state index in [0.717, 1.165) is 0 Å². The first-order chi connectivity index (χ1) is 10.1. The van der Waals surface area contributed by atoms with Gasteiger partial charge in [-0.15, -0.1) is 0 Å². The number of nitrogens with one attached hydrogen (secondary N) is 1. The van der Waals surface area contributed by atoms with E-state index in [-0.39, 0.29) is 5.75 Å². The monoisotopic (exact) mass is 355 g/mol. The highest BCUT2D eigenvalue weighted by Crippen LogP contribution is 2.32. The SMILES string of the molecule is CCNC(c1cccc(Br)c1F)c1cccc(OC)c1F. The molecule has 112 valence electrons. The normalized spacial score (nSPS) is 12.2. The molecule has 0 amide bonds. The second-order valence-corrected chi connectivity index (χ2v) is 5.35. The smallest absolute Gasteiger partial charge is 0.170 e. The van der Waals surface area contributed by atoms with Gasteiger partial charge >= 0.3 is 0 Å². The highest BCUT2D eigenvalue weighted by atomic mass is 79.9. The molecular formula is C16H16BrF2NO. The van der Waals surface area contributed by atoms with Gasteiger partial charge in [-0.05, 0) is 34.6 Å². The van der Waals surface area contributed by atoms with Crippen LogP contribution in [0.3, 0.4) is 0 Å². The Morgan fingerprint density at radius 1 is 1.10 bits per heavy atom. The van der Waals surface area contributed by atoms with Crippen molar-refractivity contribution in [2.24, 2.45) is 0 Å². The van der Waals surface area contributed by atoms with E-state index >= 15 is 0 Å². The molecule has 0 saturated carbocycles. The number of hydrogen-bond donors (Lipinski definition) is 1. The predicted octanol–water partition coefficient (Wildman–Crippen LogP) is 4.43. The van der Waals surface area contributed by atoms with Crippen molar-refractivity contribution >= 4 is 15.9 Å². The van der Waals surface area contributed by atoms with E-state index in [0.29, 0.717) is 22.1 Å². The van der Waals surface area contributed by atoms with Gasteiger partial charge in [-0.1, -0.05) is 31.2 Å². The summed E-state index contributed by atoms with van der Waals surface area (Å²) in [6.45, 7) is 2.47. The number of hydrogen-bond acceptors (Lipinski definition) is 2.